The van der Waals surface area contributed by atoms with E-state index in [-0.39, 0.29) is 6.61 Å². The summed E-state index contributed by atoms with van der Waals surface area (Å²) < 4.78 is 44.4. The van der Waals surface area contributed by atoms with Crippen molar-refractivity contribution in [1.29, 1.82) is 5.26 Å². The molecule has 0 unspecified atom stereocenters. The molecule has 1 aliphatic carbocycles. The highest BCUT2D eigenvalue weighted by molar-refractivity contribution is 5.70. The van der Waals surface area contributed by atoms with Gasteiger partial charge < -0.3 is 4.74 Å². The summed E-state index contributed by atoms with van der Waals surface area (Å²) in [5.74, 6) is 0.537. The first-order valence-corrected chi connectivity index (χ1v) is 8.89. The zero-order valence-electron chi connectivity index (χ0n) is 15.2. The molecule has 0 aromatic heterocycles. The summed E-state index contributed by atoms with van der Waals surface area (Å²) in [7, 11) is 0. The lowest BCUT2D eigenvalue weighted by Crippen LogP contribution is -2.07. The van der Waals surface area contributed by atoms with Crippen LogP contribution in [0.15, 0.2) is 41.5 Å². The van der Waals surface area contributed by atoms with Gasteiger partial charge in [-0.1, -0.05) is 32.1 Å². The van der Waals surface area contributed by atoms with Gasteiger partial charge in [-0.05, 0) is 60.4 Å². The van der Waals surface area contributed by atoms with Crippen LogP contribution in [0.1, 0.15) is 50.7 Å². The van der Waals surface area contributed by atoms with Crippen LogP contribution in [0.5, 0.6) is 0 Å². The molecular formula is C21H24F3NO. The van der Waals surface area contributed by atoms with E-state index in [0.717, 1.165) is 36.5 Å². The van der Waals surface area contributed by atoms with E-state index in [2.05, 4.69) is 19.9 Å². The number of nitrogens with zero attached hydrogens (tertiary/aromatic N) is 1. The van der Waals surface area contributed by atoms with Crippen molar-refractivity contribution in [3.05, 3.63) is 52.6 Å². The molecule has 140 valence electrons. The van der Waals surface area contributed by atoms with Crippen molar-refractivity contribution in [2.75, 3.05) is 13.2 Å². The van der Waals surface area contributed by atoms with Crippen molar-refractivity contribution in [1.82, 2.24) is 0 Å². The van der Waals surface area contributed by atoms with Crippen LogP contribution in [0.2, 0.25) is 0 Å². The van der Waals surface area contributed by atoms with E-state index in [1.165, 1.54) is 12.1 Å². The fraction of sp³-hybridized carbons (Fsp3) is 0.476. The Morgan fingerprint density at radius 1 is 1.27 bits per heavy atom. The Labute approximate surface area is 153 Å². The average Bonchev–Trinajstić information content (AvgIpc) is 2.61. The summed E-state index contributed by atoms with van der Waals surface area (Å²) in [6.07, 6.45) is 0.708. The molecule has 5 heteroatoms. The number of ether oxygens (including phenoxy) is 1. The maximum Gasteiger partial charge on any atom is 0.416 e. The SMILES string of the molecule is CC(C)CCOC/C(C#N)=C1/C=C(c2cccc(C(F)(F)F)c2)CCC1. The standard InChI is InChI=1S/C21H24F3NO/c1-15(2)9-10-26-14-19(13-25)17-6-3-5-16(11-17)18-7-4-8-20(12-18)21(22,23)24/h4,7-8,11-12,15H,3,5-6,9-10,14H2,1-2H3/b19-17+. The van der Waals surface area contributed by atoms with Gasteiger partial charge in [0.15, 0.2) is 0 Å². The molecule has 1 aliphatic rings. The Balaban J connectivity index is 2.20. The minimum atomic E-state index is -4.36. The van der Waals surface area contributed by atoms with Gasteiger partial charge in [-0.3, -0.25) is 0 Å². The molecule has 0 fully saturated rings. The van der Waals surface area contributed by atoms with Crippen molar-refractivity contribution >= 4 is 5.57 Å². The highest BCUT2D eigenvalue weighted by atomic mass is 19.4. The Hall–Kier alpha value is -2.06. The van der Waals surface area contributed by atoms with E-state index in [4.69, 9.17) is 4.74 Å². The second kappa shape index (κ2) is 9.05. The molecule has 0 bridgehead atoms. The lowest BCUT2D eigenvalue weighted by Gasteiger charge is -2.18. The van der Waals surface area contributed by atoms with E-state index >= 15 is 0 Å². The van der Waals surface area contributed by atoms with Gasteiger partial charge in [-0.25, -0.2) is 0 Å². The minimum absolute atomic E-state index is 0.255. The highest BCUT2D eigenvalue weighted by Crippen LogP contribution is 2.35. The lowest BCUT2D eigenvalue weighted by atomic mass is 9.88. The fourth-order valence-corrected chi connectivity index (χ4v) is 2.87. The van der Waals surface area contributed by atoms with Gasteiger partial charge in [0.2, 0.25) is 0 Å². The molecule has 0 atom stereocenters. The topological polar surface area (TPSA) is 33.0 Å². The van der Waals surface area contributed by atoms with Gasteiger partial charge in [0.05, 0.1) is 23.8 Å². The smallest absolute Gasteiger partial charge is 0.376 e. The largest absolute Gasteiger partial charge is 0.416 e. The third-order valence-corrected chi connectivity index (χ3v) is 4.41. The highest BCUT2D eigenvalue weighted by Gasteiger charge is 2.30. The third kappa shape index (κ3) is 5.74. The lowest BCUT2D eigenvalue weighted by molar-refractivity contribution is -0.137. The van der Waals surface area contributed by atoms with Crippen LogP contribution >= 0.6 is 0 Å². The molecule has 0 saturated carbocycles. The zero-order valence-corrected chi connectivity index (χ0v) is 15.2. The second-order valence-electron chi connectivity index (χ2n) is 6.95. The first-order valence-electron chi connectivity index (χ1n) is 8.89. The van der Waals surface area contributed by atoms with Crippen LogP contribution in [-0.2, 0) is 10.9 Å². The molecule has 0 spiro atoms. The Kier molecular flexibility index (Phi) is 7.05. The zero-order chi connectivity index (χ0) is 19.2. The van der Waals surface area contributed by atoms with E-state index in [9.17, 15) is 18.4 Å². The van der Waals surface area contributed by atoms with Gasteiger partial charge in [0.1, 0.15) is 0 Å². The molecule has 0 N–H and O–H groups in total. The summed E-state index contributed by atoms with van der Waals surface area (Å²) in [6.45, 7) is 5.07. The molecule has 0 saturated heterocycles. The van der Waals surface area contributed by atoms with Crippen molar-refractivity contribution in [3.63, 3.8) is 0 Å². The van der Waals surface area contributed by atoms with Crippen molar-refractivity contribution < 1.29 is 17.9 Å². The molecule has 2 nitrogen and oxygen atoms in total. The maximum atomic E-state index is 12.9. The van der Waals surface area contributed by atoms with Crippen molar-refractivity contribution in [3.8, 4) is 6.07 Å². The summed E-state index contributed by atoms with van der Waals surface area (Å²) >= 11 is 0. The Morgan fingerprint density at radius 2 is 2.04 bits per heavy atom. The molecule has 0 heterocycles. The van der Waals surface area contributed by atoms with Gasteiger partial charge in [-0.15, -0.1) is 0 Å². The quantitative estimate of drug-likeness (QED) is 0.448. The van der Waals surface area contributed by atoms with Crippen LogP contribution < -0.4 is 0 Å². The molecule has 1 aromatic carbocycles. The first kappa shape index (κ1) is 20.3. The van der Waals surface area contributed by atoms with E-state index < -0.39 is 11.7 Å². The normalized spacial score (nSPS) is 17.0. The van der Waals surface area contributed by atoms with Gasteiger partial charge >= 0.3 is 6.18 Å². The van der Waals surface area contributed by atoms with E-state index in [0.29, 0.717) is 30.1 Å². The van der Waals surface area contributed by atoms with Crippen LogP contribution in [0, 0.1) is 17.2 Å². The fourth-order valence-electron chi connectivity index (χ4n) is 2.87. The first-order chi connectivity index (χ1) is 12.3. The number of halogens is 3. The molecule has 0 radical (unpaired) electrons. The summed E-state index contributed by atoms with van der Waals surface area (Å²) in [4.78, 5) is 0. The third-order valence-electron chi connectivity index (χ3n) is 4.41. The Morgan fingerprint density at radius 3 is 2.69 bits per heavy atom. The molecule has 1 aromatic rings. The number of nitriles is 1. The summed E-state index contributed by atoms with van der Waals surface area (Å²) in [5, 5.41) is 9.43. The van der Waals surface area contributed by atoms with Gasteiger partial charge in [0.25, 0.3) is 0 Å². The van der Waals surface area contributed by atoms with Crippen LogP contribution in [0.25, 0.3) is 5.57 Å². The van der Waals surface area contributed by atoms with Crippen molar-refractivity contribution in [2.45, 2.75) is 45.7 Å². The molecule has 0 amide bonds. The average molecular weight is 363 g/mol. The predicted molar refractivity (Wildman–Crippen MR) is 96.2 cm³/mol. The van der Waals surface area contributed by atoms with E-state index in [1.54, 1.807) is 6.07 Å². The van der Waals surface area contributed by atoms with Crippen LogP contribution in [0.4, 0.5) is 13.2 Å². The molecule has 2 rings (SSSR count). The Bertz CT molecular complexity index is 724. The van der Waals surface area contributed by atoms with Crippen LogP contribution in [-0.4, -0.2) is 13.2 Å². The molecule has 26 heavy (non-hydrogen) atoms. The van der Waals surface area contributed by atoms with Gasteiger partial charge in [-0.2, -0.15) is 18.4 Å². The van der Waals surface area contributed by atoms with E-state index in [1.807, 2.05) is 6.08 Å². The number of alkyl halides is 3. The molecule has 0 aliphatic heterocycles. The summed E-state index contributed by atoms with van der Waals surface area (Å²) in [5.41, 5.74) is 2.19. The number of benzene rings is 1. The predicted octanol–water partition coefficient (Wildman–Crippen LogP) is 6.16. The monoisotopic (exact) mass is 363 g/mol. The number of rotatable bonds is 6. The number of allylic oxidation sites excluding steroid dienone is 3. The number of hydrogen-bond donors (Lipinski definition) is 0. The van der Waals surface area contributed by atoms with Crippen LogP contribution in [0.3, 0.4) is 0 Å². The molecular weight excluding hydrogens is 339 g/mol. The minimum Gasteiger partial charge on any atom is -0.376 e. The van der Waals surface area contributed by atoms with Crippen molar-refractivity contribution in [2.24, 2.45) is 5.92 Å². The second-order valence-corrected chi connectivity index (χ2v) is 6.95. The number of hydrogen-bond acceptors (Lipinski definition) is 2. The summed E-state index contributed by atoms with van der Waals surface area (Å²) in [6, 6.07) is 7.57. The van der Waals surface area contributed by atoms with Gasteiger partial charge in [0, 0.05) is 6.61 Å². The maximum absolute atomic E-state index is 12.9.